The van der Waals surface area contributed by atoms with Gasteiger partial charge in [0.05, 0.1) is 6.54 Å². The molecule has 92 valence electrons. The topological polar surface area (TPSA) is 104 Å². The summed E-state index contributed by atoms with van der Waals surface area (Å²) in [4.78, 5) is 24.4. The molecular formula is C8H12N6O2S. The molecule has 2 rings (SSSR count). The van der Waals surface area contributed by atoms with E-state index in [0.717, 1.165) is 12.3 Å². The monoisotopic (exact) mass is 256 g/mol. The fraction of sp³-hybridized carbons (Fsp3) is 0.625. The SMILES string of the molecule is O=C(CCN1CCSC1=O)NCc1nn[nH]n1. The Balaban J connectivity index is 1.65. The number of nitrogens with one attached hydrogen (secondary N) is 2. The summed E-state index contributed by atoms with van der Waals surface area (Å²) in [6, 6.07) is 0. The summed E-state index contributed by atoms with van der Waals surface area (Å²) in [6.45, 7) is 1.43. The second kappa shape index (κ2) is 5.62. The van der Waals surface area contributed by atoms with Gasteiger partial charge in [-0.05, 0) is 0 Å². The van der Waals surface area contributed by atoms with Crippen LogP contribution in [0.1, 0.15) is 12.2 Å². The molecule has 8 nitrogen and oxygen atoms in total. The van der Waals surface area contributed by atoms with Crippen LogP contribution in [0.15, 0.2) is 0 Å². The number of tetrazole rings is 1. The van der Waals surface area contributed by atoms with Gasteiger partial charge in [-0.3, -0.25) is 9.59 Å². The van der Waals surface area contributed by atoms with Crippen LogP contribution in [0.4, 0.5) is 4.79 Å². The molecule has 0 bridgehead atoms. The first kappa shape index (κ1) is 11.8. The van der Waals surface area contributed by atoms with Crippen LogP contribution in [0.25, 0.3) is 0 Å². The van der Waals surface area contributed by atoms with Gasteiger partial charge in [-0.1, -0.05) is 17.0 Å². The van der Waals surface area contributed by atoms with Gasteiger partial charge in [-0.25, -0.2) is 0 Å². The maximum atomic E-state index is 11.5. The maximum Gasteiger partial charge on any atom is 0.281 e. The lowest BCUT2D eigenvalue weighted by Crippen LogP contribution is -2.30. The van der Waals surface area contributed by atoms with Crippen LogP contribution in [0.5, 0.6) is 0 Å². The molecule has 0 unspecified atom stereocenters. The molecule has 0 spiro atoms. The van der Waals surface area contributed by atoms with Crippen molar-refractivity contribution in [3.63, 3.8) is 0 Å². The summed E-state index contributed by atoms with van der Waals surface area (Å²) in [5.41, 5.74) is 0. The van der Waals surface area contributed by atoms with E-state index in [1.54, 1.807) is 4.90 Å². The summed E-state index contributed by atoms with van der Waals surface area (Å²) >= 11 is 1.29. The van der Waals surface area contributed by atoms with E-state index in [2.05, 4.69) is 25.9 Å². The lowest BCUT2D eigenvalue weighted by molar-refractivity contribution is -0.121. The van der Waals surface area contributed by atoms with Gasteiger partial charge < -0.3 is 10.2 Å². The first-order valence-corrected chi connectivity index (χ1v) is 6.15. The van der Waals surface area contributed by atoms with Gasteiger partial charge in [0, 0.05) is 25.3 Å². The van der Waals surface area contributed by atoms with Crippen molar-refractivity contribution >= 4 is 22.9 Å². The van der Waals surface area contributed by atoms with E-state index in [4.69, 9.17) is 0 Å². The van der Waals surface area contributed by atoms with Gasteiger partial charge >= 0.3 is 0 Å². The highest BCUT2D eigenvalue weighted by molar-refractivity contribution is 8.13. The van der Waals surface area contributed by atoms with Crippen LogP contribution in [-0.2, 0) is 11.3 Å². The Kier molecular flexibility index (Phi) is 3.91. The number of amides is 2. The van der Waals surface area contributed by atoms with Gasteiger partial charge in [-0.15, -0.1) is 10.2 Å². The zero-order valence-corrected chi connectivity index (χ0v) is 9.87. The minimum absolute atomic E-state index is 0.0518. The summed E-state index contributed by atoms with van der Waals surface area (Å²) in [6.07, 6.45) is 0.296. The maximum absolute atomic E-state index is 11.5. The van der Waals surface area contributed by atoms with E-state index >= 15 is 0 Å². The average molecular weight is 256 g/mol. The third kappa shape index (κ3) is 3.41. The minimum atomic E-state index is -0.125. The molecule has 17 heavy (non-hydrogen) atoms. The average Bonchev–Trinajstić information content (AvgIpc) is 2.95. The fourth-order valence-electron chi connectivity index (χ4n) is 1.39. The molecule has 0 radical (unpaired) electrons. The van der Waals surface area contributed by atoms with Crippen molar-refractivity contribution in [3.8, 4) is 0 Å². The molecule has 1 aliphatic heterocycles. The Morgan fingerprint density at radius 2 is 2.47 bits per heavy atom. The predicted octanol–water partition coefficient (Wildman–Crippen LogP) is -0.625. The number of rotatable bonds is 5. The Bertz CT molecular complexity index is 395. The van der Waals surface area contributed by atoms with Crippen molar-refractivity contribution in [2.24, 2.45) is 0 Å². The van der Waals surface area contributed by atoms with E-state index in [-0.39, 0.29) is 17.7 Å². The second-order valence-electron chi connectivity index (χ2n) is 3.46. The van der Waals surface area contributed by atoms with Crippen LogP contribution in [0.2, 0.25) is 0 Å². The molecule has 2 N–H and O–H groups in total. The highest BCUT2D eigenvalue weighted by Gasteiger charge is 2.21. The van der Waals surface area contributed by atoms with Crippen LogP contribution in [0.3, 0.4) is 0 Å². The van der Waals surface area contributed by atoms with Gasteiger partial charge in [0.1, 0.15) is 0 Å². The quantitative estimate of drug-likeness (QED) is 0.727. The Labute approximate surface area is 102 Å². The summed E-state index contributed by atoms with van der Waals surface area (Å²) < 4.78 is 0. The van der Waals surface area contributed by atoms with E-state index < -0.39 is 0 Å². The zero-order valence-electron chi connectivity index (χ0n) is 9.05. The van der Waals surface area contributed by atoms with Crippen LogP contribution in [-0.4, -0.2) is 55.5 Å². The molecule has 1 saturated heterocycles. The number of H-pyrrole nitrogens is 1. The Hall–Kier alpha value is -1.64. The molecule has 1 aromatic heterocycles. The van der Waals surface area contributed by atoms with Crippen molar-refractivity contribution in [2.45, 2.75) is 13.0 Å². The van der Waals surface area contributed by atoms with Crippen LogP contribution >= 0.6 is 11.8 Å². The fourth-order valence-corrected chi connectivity index (χ4v) is 2.24. The molecule has 0 aliphatic carbocycles. The molecule has 0 atom stereocenters. The number of aromatic nitrogens is 4. The third-order valence-corrected chi connectivity index (χ3v) is 3.18. The van der Waals surface area contributed by atoms with Crippen LogP contribution in [0, 0.1) is 0 Å². The number of hydrogen-bond donors (Lipinski definition) is 2. The molecule has 1 fully saturated rings. The van der Waals surface area contributed by atoms with E-state index in [9.17, 15) is 9.59 Å². The first-order valence-electron chi connectivity index (χ1n) is 5.16. The van der Waals surface area contributed by atoms with Gasteiger partial charge in [-0.2, -0.15) is 5.21 Å². The Morgan fingerprint density at radius 1 is 1.59 bits per heavy atom. The highest BCUT2D eigenvalue weighted by atomic mass is 32.2. The number of carbonyl (C=O) groups excluding carboxylic acids is 2. The largest absolute Gasteiger partial charge is 0.349 e. The number of thioether (sulfide) groups is 1. The molecular weight excluding hydrogens is 244 g/mol. The minimum Gasteiger partial charge on any atom is -0.349 e. The standard InChI is InChI=1S/C8H12N6O2S/c15-7(9-5-6-10-12-13-11-6)1-2-14-3-4-17-8(14)16/h1-5H2,(H,9,15)(H,10,11,12,13). The lowest BCUT2D eigenvalue weighted by Gasteiger charge is -2.13. The number of hydrogen-bond acceptors (Lipinski definition) is 6. The molecule has 1 aromatic rings. The molecule has 2 heterocycles. The second-order valence-corrected chi connectivity index (χ2v) is 4.50. The summed E-state index contributed by atoms with van der Waals surface area (Å²) in [7, 11) is 0. The van der Waals surface area contributed by atoms with Crippen molar-refractivity contribution < 1.29 is 9.59 Å². The number of carbonyl (C=O) groups is 2. The zero-order chi connectivity index (χ0) is 12.1. The van der Waals surface area contributed by atoms with Crippen molar-refractivity contribution in [1.29, 1.82) is 0 Å². The van der Waals surface area contributed by atoms with Crippen molar-refractivity contribution in [3.05, 3.63) is 5.82 Å². The molecule has 9 heteroatoms. The van der Waals surface area contributed by atoms with E-state index in [1.165, 1.54) is 11.8 Å². The highest BCUT2D eigenvalue weighted by Crippen LogP contribution is 2.16. The molecule has 2 amide bonds. The van der Waals surface area contributed by atoms with E-state index in [0.29, 0.717) is 18.8 Å². The normalized spacial score (nSPS) is 15.3. The van der Waals surface area contributed by atoms with Crippen molar-refractivity contribution in [2.75, 3.05) is 18.8 Å². The summed E-state index contributed by atoms with van der Waals surface area (Å²) in [5, 5.41) is 15.8. The van der Waals surface area contributed by atoms with Crippen molar-refractivity contribution in [1.82, 2.24) is 30.8 Å². The van der Waals surface area contributed by atoms with Gasteiger partial charge in [0.15, 0.2) is 5.82 Å². The number of nitrogens with zero attached hydrogens (tertiary/aromatic N) is 4. The smallest absolute Gasteiger partial charge is 0.281 e. The summed E-state index contributed by atoms with van der Waals surface area (Å²) in [5.74, 6) is 1.12. The van der Waals surface area contributed by atoms with Gasteiger partial charge in [0.25, 0.3) is 5.24 Å². The predicted molar refractivity (Wildman–Crippen MR) is 60.1 cm³/mol. The Morgan fingerprint density at radius 3 is 3.12 bits per heavy atom. The van der Waals surface area contributed by atoms with Crippen LogP contribution < -0.4 is 5.32 Å². The van der Waals surface area contributed by atoms with E-state index in [1.807, 2.05) is 0 Å². The lowest BCUT2D eigenvalue weighted by atomic mass is 10.3. The van der Waals surface area contributed by atoms with Gasteiger partial charge in [0.2, 0.25) is 5.91 Å². The first-order chi connectivity index (χ1) is 8.25. The third-order valence-electron chi connectivity index (χ3n) is 2.29. The molecule has 1 aliphatic rings. The number of aromatic amines is 1. The molecule has 0 saturated carbocycles. The molecule has 0 aromatic carbocycles.